The van der Waals surface area contributed by atoms with Gasteiger partial charge in [0.15, 0.2) is 11.5 Å². The van der Waals surface area contributed by atoms with Gasteiger partial charge in [-0.3, -0.25) is 0 Å². The number of hydrogen-bond donors (Lipinski definition) is 1. The van der Waals surface area contributed by atoms with Crippen LogP contribution >= 0.6 is 0 Å². The smallest absolute Gasteiger partial charge is 0.199 e. The average molecular weight is 424 g/mol. The average Bonchev–Trinajstić information content (AvgIpc) is 3.41. The van der Waals surface area contributed by atoms with E-state index in [1.807, 2.05) is 24.3 Å². The molecule has 32 heavy (non-hydrogen) atoms. The highest BCUT2D eigenvalue weighted by atomic mass is 16.3. The van der Waals surface area contributed by atoms with E-state index in [2.05, 4.69) is 57.2 Å². The summed E-state index contributed by atoms with van der Waals surface area (Å²) in [6.45, 7) is 4.15. The minimum absolute atomic E-state index is 0.500. The van der Waals surface area contributed by atoms with Crippen LogP contribution < -0.4 is 5.32 Å². The maximum Gasteiger partial charge on any atom is 0.199 e. The summed E-state index contributed by atoms with van der Waals surface area (Å²) >= 11 is 0. The molecule has 1 aliphatic rings. The van der Waals surface area contributed by atoms with E-state index in [9.17, 15) is 0 Å². The molecular formula is C26H25N5O. The van der Waals surface area contributed by atoms with E-state index >= 15 is 0 Å². The van der Waals surface area contributed by atoms with Gasteiger partial charge < -0.3 is 9.73 Å². The van der Waals surface area contributed by atoms with Crippen LogP contribution in [0.4, 0.5) is 0 Å². The second-order valence-electron chi connectivity index (χ2n) is 8.57. The third kappa shape index (κ3) is 3.37. The molecular weight excluding hydrogens is 398 g/mol. The summed E-state index contributed by atoms with van der Waals surface area (Å²) in [6.07, 6.45) is 4.60. The van der Waals surface area contributed by atoms with Crippen molar-refractivity contribution in [3.05, 3.63) is 83.8 Å². The number of benzene rings is 2. The molecule has 4 heterocycles. The molecule has 0 bridgehead atoms. The van der Waals surface area contributed by atoms with Crippen LogP contribution in [0.1, 0.15) is 41.6 Å². The molecule has 1 fully saturated rings. The van der Waals surface area contributed by atoms with Gasteiger partial charge in [-0.1, -0.05) is 36.4 Å². The van der Waals surface area contributed by atoms with Gasteiger partial charge in [0.2, 0.25) is 0 Å². The number of rotatable bonds is 4. The number of aryl methyl sites for hydroxylation is 1. The summed E-state index contributed by atoms with van der Waals surface area (Å²) < 4.78 is 8.13. The van der Waals surface area contributed by atoms with E-state index in [0.717, 1.165) is 65.3 Å². The Morgan fingerprint density at radius 1 is 1.06 bits per heavy atom. The molecule has 5 aromatic rings. The monoisotopic (exact) mass is 423 g/mol. The summed E-state index contributed by atoms with van der Waals surface area (Å²) in [5.74, 6) is 1.24. The number of nitrogens with zero attached hydrogens (tertiary/aromatic N) is 4. The second kappa shape index (κ2) is 7.88. The van der Waals surface area contributed by atoms with E-state index in [0.29, 0.717) is 12.3 Å². The molecule has 0 spiro atoms. The largest absolute Gasteiger partial charge is 0.440 e. The van der Waals surface area contributed by atoms with E-state index in [-0.39, 0.29) is 0 Å². The van der Waals surface area contributed by atoms with Crippen molar-refractivity contribution in [2.75, 3.05) is 13.1 Å². The van der Waals surface area contributed by atoms with Gasteiger partial charge in [-0.15, -0.1) is 0 Å². The third-order valence-electron chi connectivity index (χ3n) is 6.46. The van der Waals surface area contributed by atoms with Gasteiger partial charge in [-0.05, 0) is 62.2 Å². The Hall–Kier alpha value is -3.51. The fourth-order valence-electron chi connectivity index (χ4n) is 4.84. The predicted octanol–water partition coefficient (Wildman–Crippen LogP) is 4.90. The molecule has 6 heteroatoms. The van der Waals surface area contributed by atoms with Gasteiger partial charge in [0.1, 0.15) is 11.8 Å². The fraction of sp³-hybridized carbons (Fsp3) is 0.269. The van der Waals surface area contributed by atoms with Crippen molar-refractivity contribution in [2.24, 2.45) is 0 Å². The van der Waals surface area contributed by atoms with Crippen molar-refractivity contribution >= 4 is 16.6 Å². The summed E-state index contributed by atoms with van der Waals surface area (Å²) in [6, 6.07) is 18.9. The van der Waals surface area contributed by atoms with Crippen LogP contribution in [0.5, 0.6) is 0 Å². The molecule has 0 unspecified atom stereocenters. The zero-order valence-electron chi connectivity index (χ0n) is 18.1. The SMILES string of the molecule is Cc1ncnn2c(C3CCNCC3)cc(-c3ccc4oc(Cc5ccccc5)nc4c3)c12. The van der Waals surface area contributed by atoms with Crippen LogP contribution in [0, 0.1) is 6.92 Å². The molecule has 1 aliphatic heterocycles. The molecule has 0 amide bonds. The zero-order valence-corrected chi connectivity index (χ0v) is 18.1. The Bertz CT molecular complexity index is 1400. The van der Waals surface area contributed by atoms with Crippen LogP contribution in [0.2, 0.25) is 0 Å². The second-order valence-corrected chi connectivity index (χ2v) is 8.57. The van der Waals surface area contributed by atoms with Crippen LogP contribution in [0.25, 0.3) is 27.7 Å². The normalized spacial score (nSPS) is 15.0. The fourth-order valence-corrected chi connectivity index (χ4v) is 4.84. The Morgan fingerprint density at radius 3 is 2.75 bits per heavy atom. The van der Waals surface area contributed by atoms with Gasteiger partial charge in [0.25, 0.3) is 0 Å². The third-order valence-corrected chi connectivity index (χ3v) is 6.46. The summed E-state index contributed by atoms with van der Waals surface area (Å²) in [5, 5.41) is 8.09. The number of hydrogen-bond acceptors (Lipinski definition) is 5. The molecule has 0 radical (unpaired) electrons. The van der Waals surface area contributed by atoms with Crippen molar-refractivity contribution in [1.82, 2.24) is 24.9 Å². The lowest BCUT2D eigenvalue weighted by atomic mass is 9.94. The van der Waals surface area contributed by atoms with Crippen molar-refractivity contribution in [2.45, 2.75) is 32.1 Å². The van der Waals surface area contributed by atoms with Gasteiger partial charge in [0.05, 0.1) is 11.2 Å². The lowest BCUT2D eigenvalue weighted by molar-refractivity contribution is 0.448. The Kier molecular flexibility index (Phi) is 4.72. The summed E-state index contributed by atoms with van der Waals surface area (Å²) in [7, 11) is 0. The van der Waals surface area contributed by atoms with Crippen LogP contribution in [-0.2, 0) is 6.42 Å². The molecule has 6 nitrogen and oxygen atoms in total. The highest BCUT2D eigenvalue weighted by Gasteiger charge is 2.23. The standard InChI is InChI=1S/C26H25N5O/c1-17-26-21(15-23(31(26)29-16-28-17)19-9-11-27-12-10-19)20-7-8-24-22(14-20)30-25(32-24)13-18-5-3-2-4-6-18/h2-8,14-16,19,27H,9-13H2,1H3. The molecule has 1 saturated heterocycles. The van der Waals surface area contributed by atoms with E-state index in [1.54, 1.807) is 6.33 Å². The maximum absolute atomic E-state index is 6.03. The molecule has 160 valence electrons. The van der Waals surface area contributed by atoms with Gasteiger partial charge >= 0.3 is 0 Å². The van der Waals surface area contributed by atoms with Crippen molar-refractivity contribution < 1.29 is 4.42 Å². The van der Waals surface area contributed by atoms with E-state index in [4.69, 9.17) is 9.40 Å². The molecule has 0 atom stereocenters. The van der Waals surface area contributed by atoms with Crippen LogP contribution in [0.15, 0.2) is 65.3 Å². The number of oxazole rings is 1. The maximum atomic E-state index is 6.03. The first-order chi connectivity index (χ1) is 15.8. The first-order valence-electron chi connectivity index (χ1n) is 11.2. The first-order valence-corrected chi connectivity index (χ1v) is 11.2. The van der Waals surface area contributed by atoms with Gasteiger partial charge in [0, 0.05) is 23.6 Å². The van der Waals surface area contributed by atoms with Crippen LogP contribution in [0.3, 0.4) is 0 Å². The lowest BCUT2D eigenvalue weighted by Crippen LogP contribution is -2.27. The lowest BCUT2D eigenvalue weighted by Gasteiger charge is -2.22. The quantitative estimate of drug-likeness (QED) is 0.445. The van der Waals surface area contributed by atoms with E-state index < -0.39 is 0 Å². The molecule has 0 saturated carbocycles. The first kappa shape index (κ1) is 19.2. The molecule has 3 aromatic heterocycles. The molecule has 0 aliphatic carbocycles. The Labute approximate surface area is 186 Å². The number of fused-ring (bicyclic) bond motifs is 2. The molecule has 6 rings (SSSR count). The zero-order chi connectivity index (χ0) is 21.5. The minimum atomic E-state index is 0.500. The van der Waals surface area contributed by atoms with Crippen LogP contribution in [-0.4, -0.2) is 32.7 Å². The van der Waals surface area contributed by atoms with E-state index in [1.165, 1.54) is 11.3 Å². The highest BCUT2D eigenvalue weighted by molar-refractivity contribution is 5.88. The number of piperidine rings is 1. The number of nitrogens with one attached hydrogen (secondary N) is 1. The Morgan fingerprint density at radius 2 is 1.91 bits per heavy atom. The van der Waals surface area contributed by atoms with Gasteiger partial charge in [-0.2, -0.15) is 5.10 Å². The predicted molar refractivity (Wildman–Crippen MR) is 125 cm³/mol. The minimum Gasteiger partial charge on any atom is -0.440 e. The topological polar surface area (TPSA) is 68.2 Å². The number of aromatic nitrogens is 4. The Balaban J connectivity index is 1.43. The van der Waals surface area contributed by atoms with Gasteiger partial charge in [-0.25, -0.2) is 14.5 Å². The summed E-state index contributed by atoms with van der Waals surface area (Å²) in [4.78, 5) is 9.27. The highest BCUT2D eigenvalue weighted by Crippen LogP contribution is 2.36. The molecule has 1 N–H and O–H groups in total. The van der Waals surface area contributed by atoms with Crippen molar-refractivity contribution in [1.29, 1.82) is 0 Å². The van der Waals surface area contributed by atoms with Crippen molar-refractivity contribution in [3.63, 3.8) is 0 Å². The molecule has 2 aromatic carbocycles. The summed E-state index contributed by atoms with van der Waals surface area (Å²) in [5.41, 5.74) is 8.50. The van der Waals surface area contributed by atoms with Crippen molar-refractivity contribution in [3.8, 4) is 11.1 Å².